The van der Waals surface area contributed by atoms with Gasteiger partial charge in [0.15, 0.2) is 0 Å². The summed E-state index contributed by atoms with van der Waals surface area (Å²) in [5.74, 6) is 0. The summed E-state index contributed by atoms with van der Waals surface area (Å²) in [7, 11) is 0. The molecule has 2 aromatic rings. The zero-order valence-electron chi connectivity index (χ0n) is 15.2. The Labute approximate surface area is 162 Å². The molecule has 1 aliphatic rings. The van der Waals surface area contributed by atoms with Crippen molar-refractivity contribution in [1.29, 1.82) is 0 Å². The zero-order valence-corrected chi connectivity index (χ0v) is 17.7. The van der Waals surface area contributed by atoms with E-state index < -0.39 is 46.2 Å². The molecule has 3 rings (SSSR count). The van der Waals surface area contributed by atoms with E-state index in [1.54, 1.807) is 12.1 Å². The Bertz CT molecular complexity index is 925. The van der Waals surface area contributed by atoms with E-state index in [-0.39, 0.29) is 8.92 Å². The fraction of sp³-hybridized carbons (Fsp3) is 0.368. The van der Waals surface area contributed by atoms with Gasteiger partial charge in [-0.3, -0.25) is 0 Å². The van der Waals surface area contributed by atoms with Gasteiger partial charge in [-0.05, 0) is 0 Å². The van der Waals surface area contributed by atoms with Crippen LogP contribution in [0.15, 0.2) is 48.5 Å². The van der Waals surface area contributed by atoms with Crippen LogP contribution in [0.2, 0.25) is 0 Å². The molecule has 152 valence electrons. The Morgan fingerprint density at radius 3 is 1.79 bits per heavy atom. The van der Waals surface area contributed by atoms with Crippen molar-refractivity contribution in [3.63, 3.8) is 0 Å². The third kappa shape index (κ3) is 3.00. The second-order valence-corrected chi connectivity index (χ2v) is 14.2. The molecule has 2 aromatic carbocycles. The molecule has 1 aliphatic heterocycles. The van der Waals surface area contributed by atoms with Crippen LogP contribution < -0.4 is 7.02 Å². The van der Waals surface area contributed by atoms with Crippen LogP contribution in [0, 0.1) is 0 Å². The molecule has 0 aliphatic carbocycles. The minimum absolute atomic E-state index is 0.130. The van der Waals surface area contributed by atoms with Crippen LogP contribution >= 0.6 is 0 Å². The molecule has 1 heterocycles. The van der Waals surface area contributed by atoms with Crippen LogP contribution in [0.1, 0.15) is 31.9 Å². The van der Waals surface area contributed by atoms with Gasteiger partial charge in [0, 0.05) is 0 Å². The number of fused-ring (bicyclic) bond motifs is 1. The monoisotopic (exact) mass is 512 g/mol. The van der Waals surface area contributed by atoms with Gasteiger partial charge in [0.2, 0.25) is 0 Å². The molecule has 0 spiro atoms. The molecule has 9 heteroatoms. The van der Waals surface area contributed by atoms with Crippen molar-refractivity contribution in [2.45, 2.75) is 44.1 Å². The fourth-order valence-corrected chi connectivity index (χ4v) is 10.5. The number of rotatable bonds is 1. The van der Waals surface area contributed by atoms with Crippen molar-refractivity contribution in [1.82, 2.24) is 0 Å². The number of hydrogen-bond acceptors (Lipinski definition) is 2. The molecule has 0 aromatic heterocycles. The number of alkyl halides is 6. The Morgan fingerprint density at radius 2 is 1.32 bits per heavy atom. The van der Waals surface area contributed by atoms with Gasteiger partial charge in [0.25, 0.3) is 0 Å². The van der Waals surface area contributed by atoms with Crippen LogP contribution in [-0.4, -0.2) is 31.6 Å². The Balaban J connectivity index is 2.26. The zero-order chi connectivity index (χ0) is 21.2. The van der Waals surface area contributed by atoms with Crippen molar-refractivity contribution in [2.75, 3.05) is 0 Å². The number of halogens is 6. The van der Waals surface area contributed by atoms with E-state index in [0.717, 1.165) is 17.7 Å². The molecule has 0 fully saturated rings. The van der Waals surface area contributed by atoms with Crippen LogP contribution in [-0.2, 0) is 17.0 Å². The summed E-state index contributed by atoms with van der Waals surface area (Å²) < 4.78 is 99.9. The third-order valence-electron chi connectivity index (χ3n) is 4.74. The molecule has 0 N–H and O–H groups in total. The molecule has 0 amide bonds. The summed E-state index contributed by atoms with van der Waals surface area (Å²) in [4.78, 5) is 0. The summed E-state index contributed by atoms with van der Waals surface area (Å²) in [6.45, 7) is 5.70. The van der Waals surface area contributed by atoms with Crippen LogP contribution in [0.25, 0.3) is 0 Å². The quantitative estimate of drug-likeness (QED) is 0.420. The van der Waals surface area contributed by atoms with Gasteiger partial charge >= 0.3 is 162 Å². The summed E-state index contributed by atoms with van der Waals surface area (Å²) >= 11 is -5.83. The van der Waals surface area contributed by atoms with E-state index in [2.05, 4.69) is 3.02 Å². The first-order valence-electron chi connectivity index (χ1n) is 8.30. The van der Waals surface area contributed by atoms with Gasteiger partial charge in [-0.25, -0.2) is 0 Å². The second-order valence-electron chi connectivity index (χ2n) is 7.63. The van der Waals surface area contributed by atoms with Crippen LogP contribution in [0.3, 0.4) is 0 Å². The topological polar surface area (TPSA) is 26.3 Å². The predicted molar refractivity (Wildman–Crippen MR) is 92.2 cm³/mol. The SMILES string of the molecule is CC(C)(C)c1cc[c]([Sb]2(=[O])[O]C(C(F)(F)F)(C(F)(F)F)c3cccc[c]32)cc1. The first-order valence-corrected chi connectivity index (χ1v) is 12.9. The van der Waals surface area contributed by atoms with Crippen LogP contribution in [0.4, 0.5) is 26.3 Å². The molecule has 0 saturated carbocycles. The van der Waals surface area contributed by atoms with Gasteiger partial charge in [-0.2, -0.15) is 0 Å². The van der Waals surface area contributed by atoms with E-state index in [4.69, 9.17) is 0 Å². The first kappa shape index (κ1) is 21.3. The van der Waals surface area contributed by atoms with Crippen molar-refractivity contribution >= 4 is 26.2 Å². The third-order valence-corrected chi connectivity index (χ3v) is 12.0. The van der Waals surface area contributed by atoms with E-state index in [9.17, 15) is 29.4 Å². The van der Waals surface area contributed by atoms with Crippen molar-refractivity contribution in [3.8, 4) is 0 Å². The summed E-state index contributed by atoms with van der Waals surface area (Å²) in [5, 5.41) is 0. The fourth-order valence-electron chi connectivity index (χ4n) is 3.24. The van der Waals surface area contributed by atoms with Crippen molar-refractivity contribution < 1.29 is 32.4 Å². The van der Waals surface area contributed by atoms with Gasteiger partial charge in [0.05, 0.1) is 0 Å². The number of benzene rings is 2. The summed E-state index contributed by atoms with van der Waals surface area (Å²) in [5.41, 5.74) is -5.24. The molecule has 2 nitrogen and oxygen atoms in total. The molecule has 0 radical (unpaired) electrons. The van der Waals surface area contributed by atoms with Crippen LogP contribution in [0.5, 0.6) is 0 Å². The van der Waals surface area contributed by atoms with Gasteiger partial charge in [-0.15, -0.1) is 0 Å². The van der Waals surface area contributed by atoms with Crippen molar-refractivity contribution in [2.24, 2.45) is 0 Å². The normalized spacial score (nSPS) is 22.2. The molecule has 28 heavy (non-hydrogen) atoms. The van der Waals surface area contributed by atoms with E-state index in [0.29, 0.717) is 6.07 Å². The molecule has 0 bridgehead atoms. The average molecular weight is 513 g/mol. The Morgan fingerprint density at radius 1 is 0.821 bits per heavy atom. The summed E-state index contributed by atoms with van der Waals surface area (Å²) in [6.07, 6.45) is -11.7. The van der Waals surface area contributed by atoms with Gasteiger partial charge in [0.1, 0.15) is 0 Å². The van der Waals surface area contributed by atoms with Gasteiger partial charge < -0.3 is 0 Å². The van der Waals surface area contributed by atoms with Gasteiger partial charge in [-0.1, -0.05) is 0 Å². The first-order chi connectivity index (χ1) is 12.6. The molecule has 1 atom stereocenters. The van der Waals surface area contributed by atoms with Crippen molar-refractivity contribution in [3.05, 3.63) is 59.7 Å². The predicted octanol–water partition coefficient (Wildman–Crippen LogP) is 4.32. The summed E-state index contributed by atoms with van der Waals surface area (Å²) in [6, 6.07) is 9.74. The minimum atomic E-state index is -5.83. The van der Waals surface area contributed by atoms with E-state index in [1.807, 2.05) is 20.8 Å². The maximum absolute atomic E-state index is 13.7. The number of hydrogen-bond donors (Lipinski definition) is 0. The Hall–Kier alpha value is -1.40. The maximum atomic E-state index is 13.7. The molecular weight excluding hydrogens is 496 g/mol. The Kier molecular flexibility index (Phi) is 4.79. The molecule has 1 unspecified atom stereocenters. The average Bonchev–Trinajstić information content (AvgIpc) is 2.86. The van der Waals surface area contributed by atoms with E-state index in [1.165, 1.54) is 18.2 Å². The standard InChI is InChI=1S/C10H13.C9H4F6O.O.Sb/c1-10(2,3)9-7-5-4-6-8-9;10-8(11,12)7(16,9(13,14)15)6-4-2-1-3-5-6;;/h5-8H,1-3H3;1-4H;;/q;-1;;+1. The second kappa shape index (κ2) is 6.30. The van der Waals surface area contributed by atoms with E-state index >= 15 is 0 Å². The molecule has 0 saturated heterocycles. The molecular formula is C19H17F6O2Sb.